The van der Waals surface area contributed by atoms with Crippen molar-refractivity contribution in [3.05, 3.63) is 17.0 Å². The van der Waals surface area contributed by atoms with E-state index in [4.69, 9.17) is 22.7 Å². The summed E-state index contributed by atoms with van der Waals surface area (Å²) in [4.78, 5) is 0.808. The van der Waals surface area contributed by atoms with Crippen LogP contribution in [0, 0.1) is 0 Å². The molecule has 0 bridgehead atoms. The first-order valence-corrected chi connectivity index (χ1v) is 8.21. The molecule has 1 aromatic heterocycles. The Balaban J connectivity index is 2.02. The molecule has 0 amide bonds. The number of ether oxygens (including phenoxy) is 1. The fourth-order valence-electron chi connectivity index (χ4n) is 1.68. The van der Waals surface area contributed by atoms with Gasteiger partial charge in [0.05, 0.1) is 11.0 Å². The van der Waals surface area contributed by atoms with E-state index in [1.165, 1.54) is 6.07 Å². The molecule has 1 unspecified atom stereocenters. The van der Waals surface area contributed by atoms with E-state index in [0.29, 0.717) is 18.0 Å². The molecule has 0 spiro atoms. The van der Waals surface area contributed by atoms with E-state index in [9.17, 15) is 8.42 Å². The van der Waals surface area contributed by atoms with Crippen LogP contribution in [-0.2, 0) is 14.8 Å². The molecule has 0 aliphatic carbocycles. The molecule has 0 radical (unpaired) electrons. The standard InChI is InChI=1S/C10H14N2O3S3/c11-10(16)8-3-4-9(17-8)18(13,14)12-6-7-2-1-5-15-7/h3-4,7,12H,1-2,5-6H2,(H2,11,16). The molecule has 1 saturated heterocycles. The highest BCUT2D eigenvalue weighted by Crippen LogP contribution is 2.21. The Morgan fingerprint density at radius 2 is 2.39 bits per heavy atom. The molecule has 2 rings (SSSR count). The van der Waals surface area contributed by atoms with Crippen molar-refractivity contribution in [2.75, 3.05) is 13.2 Å². The lowest BCUT2D eigenvalue weighted by molar-refractivity contribution is 0.114. The summed E-state index contributed by atoms with van der Waals surface area (Å²) in [6.07, 6.45) is 1.86. The Labute approximate surface area is 115 Å². The van der Waals surface area contributed by atoms with Crippen LogP contribution in [-0.4, -0.2) is 32.7 Å². The average Bonchev–Trinajstić information content (AvgIpc) is 2.98. The second kappa shape index (κ2) is 5.62. The van der Waals surface area contributed by atoms with E-state index in [0.717, 1.165) is 24.2 Å². The van der Waals surface area contributed by atoms with Gasteiger partial charge in [0, 0.05) is 13.2 Å². The second-order valence-corrected chi connectivity index (χ2v) is 7.49. The Bertz CT molecular complexity index is 532. The zero-order valence-corrected chi connectivity index (χ0v) is 12.0. The monoisotopic (exact) mass is 306 g/mol. The first kappa shape index (κ1) is 13.9. The SMILES string of the molecule is NC(=S)c1ccc(S(=O)(=O)NCC2CCCO2)s1. The summed E-state index contributed by atoms with van der Waals surface area (Å²) in [6.45, 7) is 1.01. The van der Waals surface area contributed by atoms with Gasteiger partial charge >= 0.3 is 0 Å². The van der Waals surface area contributed by atoms with Crippen molar-refractivity contribution < 1.29 is 13.2 Å². The van der Waals surface area contributed by atoms with Crippen LogP contribution >= 0.6 is 23.6 Å². The third kappa shape index (κ3) is 3.27. The Morgan fingerprint density at radius 3 is 2.94 bits per heavy atom. The summed E-state index contributed by atoms with van der Waals surface area (Å²) in [5.41, 5.74) is 5.45. The molecule has 1 aliphatic heterocycles. The molecular weight excluding hydrogens is 292 g/mol. The van der Waals surface area contributed by atoms with Crippen LogP contribution in [0.15, 0.2) is 16.3 Å². The molecule has 100 valence electrons. The van der Waals surface area contributed by atoms with E-state index in [2.05, 4.69) is 4.72 Å². The van der Waals surface area contributed by atoms with Gasteiger partial charge < -0.3 is 10.5 Å². The van der Waals surface area contributed by atoms with E-state index >= 15 is 0 Å². The highest BCUT2D eigenvalue weighted by molar-refractivity contribution is 7.91. The lowest BCUT2D eigenvalue weighted by atomic mass is 10.2. The molecule has 2 heterocycles. The maximum Gasteiger partial charge on any atom is 0.250 e. The highest BCUT2D eigenvalue weighted by Gasteiger charge is 2.21. The molecule has 5 nitrogen and oxygen atoms in total. The largest absolute Gasteiger partial charge is 0.389 e. The quantitative estimate of drug-likeness (QED) is 0.788. The van der Waals surface area contributed by atoms with Gasteiger partial charge in [-0.25, -0.2) is 13.1 Å². The predicted octanol–water partition coefficient (Wildman–Crippen LogP) is 0.840. The summed E-state index contributed by atoms with van der Waals surface area (Å²) >= 11 is 5.88. The molecular formula is C10H14N2O3S3. The highest BCUT2D eigenvalue weighted by atomic mass is 32.2. The fourth-order valence-corrected chi connectivity index (χ4v) is 4.14. The van der Waals surface area contributed by atoms with Crippen molar-refractivity contribution in [3.63, 3.8) is 0 Å². The molecule has 18 heavy (non-hydrogen) atoms. The first-order valence-electron chi connectivity index (χ1n) is 5.50. The zero-order valence-electron chi connectivity index (χ0n) is 9.59. The maximum atomic E-state index is 12.0. The summed E-state index contributed by atoms with van der Waals surface area (Å²) in [5, 5.41) is 0. The van der Waals surface area contributed by atoms with E-state index in [1.807, 2.05) is 0 Å². The molecule has 8 heteroatoms. The van der Waals surface area contributed by atoms with Crippen molar-refractivity contribution in [3.8, 4) is 0 Å². The topological polar surface area (TPSA) is 81.4 Å². The maximum absolute atomic E-state index is 12.0. The smallest absolute Gasteiger partial charge is 0.250 e. The molecule has 1 fully saturated rings. The van der Waals surface area contributed by atoms with Gasteiger partial charge in [0.25, 0.3) is 0 Å². The lowest BCUT2D eigenvalue weighted by Gasteiger charge is -2.10. The Hall–Kier alpha value is -0.540. The third-order valence-corrected chi connectivity index (χ3v) is 6.00. The van der Waals surface area contributed by atoms with E-state index in [1.54, 1.807) is 6.07 Å². The second-order valence-electron chi connectivity index (χ2n) is 3.97. The normalized spacial score (nSPS) is 20.1. The Kier molecular flexibility index (Phi) is 4.33. The van der Waals surface area contributed by atoms with Crippen LogP contribution in [0.3, 0.4) is 0 Å². The Morgan fingerprint density at radius 1 is 1.61 bits per heavy atom. The van der Waals surface area contributed by atoms with Crippen LogP contribution in [0.1, 0.15) is 17.7 Å². The van der Waals surface area contributed by atoms with Crippen molar-refractivity contribution in [1.29, 1.82) is 0 Å². The summed E-state index contributed by atoms with van der Waals surface area (Å²) in [7, 11) is -3.49. The molecule has 0 aromatic carbocycles. The molecule has 1 aliphatic rings. The number of nitrogens with two attached hydrogens (primary N) is 1. The minimum absolute atomic E-state index is 0.0187. The van der Waals surface area contributed by atoms with Crippen LogP contribution in [0.5, 0.6) is 0 Å². The van der Waals surface area contributed by atoms with Gasteiger partial charge in [-0.2, -0.15) is 0 Å². The van der Waals surface area contributed by atoms with Crippen LogP contribution in [0.4, 0.5) is 0 Å². The van der Waals surface area contributed by atoms with Crippen molar-refractivity contribution in [2.45, 2.75) is 23.2 Å². The number of thiophene rings is 1. The number of hydrogen-bond acceptors (Lipinski definition) is 5. The van der Waals surface area contributed by atoms with Crippen molar-refractivity contribution in [1.82, 2.24) is 4.72 Å². The van der Waals surface area contributed by atoms with Crippen molar-refractivity contribution in [2.24, 2.45) is 5.73 Å². The number of thiocarbonyl (C=S) groups is 1. The number of nitrogens with one attached hydrogen (secondary N) is 1. The number of sulfonamides is 1. The van der Waals surface area contributed by atoms with Gasteiger partial charge in [-0.3, -0.25) is 0 Å². The predicted molar refractivity (Wildman–Crippen MR) is 74.4 cm³/mol. The van der Waals surface area contributed by atoms with Gasteiger partial charge in [-0.1, -0.05) is 12.2 Å². The summed E-state index contributed by atoms with van der Waals surface area (Å²) in [6, 6.07) is 3.13. The van der Waals surface area contributed by atoms with E-state index in [-0.39, 0.29) is 15.3 Å². The lowest BCUT2D eigenvalue weighted by Crippen LogP contribution is -2.31. The summed E-state index contributed by atoms with van der Waals surface area (Å²) < 4.78 is 32.1. The van der Waals surface area contributed by atoms with Crippen LogP contribution in [0.25, 0.3) is 0 Å². The first-order chi connectivity index (χ1) is 8.49. The van der Waals surface area contributed by atoms with Gasteiger partial charge in [0.1, 0.15) is 9.20 Å². The zero-order chi connectivity index (χ0) is 13.2. The fraction of sp³-hybridized carbons (Fsp3) is 0.500. The number of rotatable bonds is 5. The average molecular weight is 306 g/mol. The van der Waals surface area contributed by atoms with Gasteiger partial charge in [-0.05, 0) is 25.0 Å². The van der Waals surface area contributed by atoms with Gasteiger partial charge in [0.15, 0.2) is 0 Å². The van der Waals surface area contributed by atoms with Crippen LogP contribution in [0.2, 0.25) is 0 Å². The molecule has 0 saturated carbocycles. The minimum Gasteiger partial charge on any atom is -0.389 e. The molecule has 1 aromatic rings. The van der Waals surface area contributed by atoms with E-state index < -0.39 is 10.0 Å². The number of hydrogen-bond donors (Lipinski definition) is 2. The van der Waals surface area contributed by atoms with Gasteiger partial charge in [0.2, 0.25) is 10.0 Å². The molecule has 1 atom stereocenters. The van der Waals surface area contributed by atoms with Crippen molar-refractivity contribution >= 4 is 38.6 Å². The third-order valence-electron chi connectivity index (χ3n) is 2.61. The summed E-state index contributed by atoms with van der Waals surface area (Å²) in [5.74, 6) is 0. The van der Waals surface area contributed by atoms with Gasteiger partial charge in [-0.15, -0.1) is 11.3 Å². The minimum atomic E-state index is -3.49. The van der Waals surface area contributed by atoms with Crippen LogP contribution < -0.4 is 10.5 Å². The molecule has 3 N–H and O–H groups in total.